The van der Waals surface area contributed by atoms with Crippen molar-refractivity contribution in [3.8, 4) is 5.75 Å². The molecule has 214 valence electrons. The molecule has 2 aliphatic rings. The summed E-state index contributed by atoms with van der Waals surface area (Å²) in [6.45, 7) is 0.670. The molecule has 0 radical (unpaired) electrons. The summed E-state index contributed by atoms with van der Waals surface area (Å²) in [6, 6.07) is 11.8. The zero-order valence-corrected chi connectivity index (χ0v) is 22.6. The maximum Gasteiger partial charge on any atom is 0.317 e. The average molecular weight is 561 g/mol. The molecule has 1 saturated carbocycles. The molecule has 2 atom stereocenters. The number of amides is 5. The van der Waals surface area contributed by atoms with Gasteiger partial charge in [0, 0.05) is 31.3 Å². The van der Waals surface area contributed by atoms with Gasteiger partial charge in [0.25, 0.3) is 11.8 Å². The van der Waals surface area contributed by atoms with Crippen LogP contribution in [0.25, 0.3) is 10.9 Å². The number of carbonyl (C=O) groups excluding carboxylic acids is 5. The minimum Gasteiger partial charge on any atom is -0.496 e. The molecule has 3 aromatic rings. The van der Waals surface area contributed by atoms with Crippen LogP contribution in [0.1, 0.15) is 28.8 Å². The Kier molecular flexibility index (Phi) is 8.18. The Bertz CT molecular complexity index is 1470. The summed E-state index contributed by atoms with van der Waals surface area (Å²) in [5.41, 5.74) is 1.83. The molecule has 2 aromatic carbocycles. The van der Waals surface area contributed by atoms with Gasteiger partial charge in [0.2, 0.25) is 11.7 Å². The highest BCUT2D eigenvalue weighted by atomic mass is 16.5. The number of hydrogen-bond donors (Lipinski definition) is 5. The summed E-state index contributed by atoms with van der Waals surface area (Å²) in [6.07, 6.45) is 3.00. The number of Topliss-reactive ketones (excluding diaryl/α,β-unsaturated/α-hetero) is 1. The zero-order valence-electron chi connectivity index (χ0n) is 22.6. The van der Waals surface area contributed by atoms with Crippen LogP contribution in [-0.2, 0) is 20.9 Å². The highest BCUT2D eigenvalue weighted by Crippen LogP contribution is 2.34. The highest BCUT2D eigenvalue weighted by molar-refractivity contribution is 6.38. The number of carbonyl (C=O) groups is 5. The minimum atomic E-state index is -1.30. The van der Waals surface area contributed by atoms with Crippen LogP contribution >= 0.6 is 0 Å². The monoisotopic (exact) mass is 560 g/mol. The molecule has 12 nitrogen and oxygen atoms in total. The predicted octanol–water partition coefficient (Wildman–Crippen LogP) is 1.08. The van der Waals surface area contributed by atoms with Gasteiger partial charge in [-0.2, -0.15) is 0 Å². The molecular formula is C29H32N6O6. The summed E-state index contributed by atoms with van der Waals surface area (Å²) in [4.78, 5) is 69.5. The van der Waals surface area contributed by atoms with E-state index < -0.39 is 35.6 Å². The first-order valence-corrected chi connectivity index (χ1v) is 13.5. The van der Waals surface area contributed by atoms with Crippen molar-refractivity contribution in [1.29, 1.82) is 0 Å². The number of nitrogens with one attached hydrogen (secondary N) is 5. The molecular weight excluding hydrogens is 528 g/mol. The number of urea groups is 1. The smallest absolute Gasteiger partial charge is 0.317 e. The number of aromatic nitrogens is 1. The van der Waals surface area contributed by atoms with Gasteiger partial charge >= 0.3 is 6.03 Å². The molecule has 41 heavy (non-hydrogen) atoms. The largest absolute Gasteiger partial charge is 0.496 e. The van der Waals surface area contributed by atoms with E-state index in [1.807, 2.05) is 36.4 Å². The van der Waals surface area contributed by atoms with Gasteiger partial charge in [-0.25, -0.2) is 4.79 Å². The molecule has 5 amide bonds. The van der Waals surface area contributed by atoms with E-state index in [0.29, 0.717) is 35.3 Å². The van der Waals surface area contributed by atoms with Crippen LogP contribution in [-0.4, -0.2) is 78.2 Å². The van der Waals surface area contributed by atoms with Crippen molar-refractivity contribution >= 4 is 40.4 Å². The molecule has 2 heterocycles. The fourth-order valence-corrected chi connectivity index (χ4v) is 4.93. The van der Waals surface area contributed by atoms with Crippen molar-refractivity contribution in [3.05, 3.63) is 65.9 Å². The van der Waals surface area contributed by atoms with Crippen molar-refractivity contribution in [1.82, 2.24) is 31.2 Å². The fourth-order valence-electron chi connectivity index (χ4n) is 4.93. The lowest BCUT2D eigenvalue weighted by atomic mass is 10.1. The summed E-state index contributed by atoms with van der Waals surface area (Å²) in [7, 11) is 1.51. The number of fused-ring (bicyclic) bond motifs is 1. The Morgan fingerprint density at radius 1 is 1.05 bits per heavy atom. The van der Waals surface area contributed by atoms with E-state index in [-0.39, 0.29) is 25.0 Å². The third kappa shape index (κ3) is 6.32. The summed E-state index contributed by atoms with van der Waals surface area (Å²) in [5, 5.41) is 11.3. The Balaban J connectivity index is 1.31. The van der Waals surface area contributed by atoms with Gasteiger partial charge in [-0.1, -0.05) is 36.4 Å². The van der Waals surface area contributed by atoms with Crippen LogP contribution in [0.2, 0.25) is 0 Å². The fraction of sp³-hybridized carbons (Fsp3) is 0.345. The zero-order chi connectivity index (χ0) is 28.9. The standard InChI is InChI=1S/C29H32N6O6/c1-41-22-9-5-8-20-23(22)19(15-31-20)26(37)34-24(18-10-11-18)27(38)33-21(16-35-13-12-30-29(35)40)25(36)28(39)32-14-17-6-3-2-4-7-17/h2-9,15,18,21,24,31H,10-14,16H2,1H3,(H,30,40)(H,32,39)(H,33,38)(H,34,37)/t21-,24-/m0/s1. The van der Waals surface area contributed by atoms with Crippen LogP contribution in [0.15, 0.2) is 54.7 Å². The molecule has 5 N–H and O–H groups in total. The van der Waals surface area contributed by atoms with Crippen LogP contribution < -0.4 is 26.0 Å². The third-order valence-electron chi connectivity index (χ3n) is 7.30. The number of hydrogen-bond acceptors (Lipinski definition) is 6. The summed E-state index contributed by atoms with van der Waals surface area (Å²) < 4.78 is 5.42. The van der Waals surface area contributed by atoms with E-state index in [0.717, 1.165) is 18.4 Å². The van der Waals surface area contributed by atoms with Crippen molar-refractivity contribution < 1.29 is 28.7 Å². The topological polar surface area (TPSA) is 162 Å². The molecule has 0 unspecified atom stereocenters. The van der Waals surface area contributed by atoms with E-state index in [2.05, 4.69) is 26.3 Å². The molecule has 2 fully saturated rings. The van der Waals surface area contributed by atoms with E-state index >= 15 is 0 Å². The minimum absolute atomic E-state index is 0.121. The number of ether oxygens (including phenoxy) is 1. The number of aromatic amines is 1. The molecule has 1 saturated heterocycles. The Morgan fingerprint density at radius 2 is 1.83 bits per heavy atom. The molecule has 5 rings (SSSR count). The predicted molar refractivity (Wildman–Crippen MR) is 149 cm³/mol. The number of ketones is 1. The van der Waals surface area contributed by atoms with Crippen LogP contribution in [0.4, 0.5) is 4.79 Å². The second kappa shape index (κ2) is 12.1. The number of rotatable bonds is 12. The van der Waals surface area contributed by atoms with E-state index in [4.69, 9.17) is 4.74 Å². The lowest BCUT2D eigenvalue weighted by molar-refractivity contribution is -0.140. The molecule has 0 bridgehead atoms. The van der Waals surface area contributed by atoms with Gasteiger partial charge in [0.1, 0.15) is 17.8 Å². The second-order valence-corrected chi connectivity index (χ2v) is 10.1. The van der Waals surface area contributed by atoms with Gasteiger partial charge in [-0.05, 0) is 36.5 Å². The quantitative estimate of drug-likeness (QED) is 0.208. The second-order valence-electron chi connectivity index (χ2n) is 10.1. The van der Waals surface area contributed by atoms with Crippen molar-refractivity contribution in [2.24, 2.45) is 5.92 Å². The maximum atomic E-state index is 13.5. The molecule has 12 heteroatoms. The van der Waals surface area contributed by atoms with Crippen molar-refractivity contribution in [3.63, 3.8) is 0 Å². The van der Waals surface area contributed by atoms with Crippen LogP contribution in [0, 0.1) is 5.92 Å². The van der Waals surface area contributed by atoms with Gasteiger partial charge < -0.3 is 35.9 Å². The molecule has 1 aliphatic carbocycles. The Labute approximate surface area is 236 Å². The van der Waals surface area contributed by atoms with Gasteiger partial charge in [-0.15, -0.1) is 0 Å². The van der Waals surface area contributed by atoms with E-state index in [1.165, 1.54) is 12.0 Å². The Morgan fingerprint density at radius 3 is 2.51 bits per heavy atom. The highest BCUT2D eigenvalue weighted by Gasteiger charge is 2.40. The summed E-state index contributed by atoms with van der Waals surface area (Å²) in [5.74, 6) is -2.44. The normalized spacial score (nSPS) is 16.0. The number of nitrogens with zero attached hydrogens (tertiary/aromatic N) is 1. The maximum absolute atomic E-state index is 13.5. The lowest BCUT2D eigenvalue weighted by Crippen LogP contribution is -2.57. The van der Waals surface area contributed by atoms with Gasteiger partial charge in [-0.3, -0.25) is 19.2 Å². The molecule has 1 aliphatic heterocycles. The number of benzene rings is 2. The Hall–Kier alpha value is -4.87. The molecule has 1 aromatic heterocycles. The summed E-state index contributed by atoms with van der Waals surface area (Å²) >= 11 is 0. The number of H-pyrrole nitrogens is 1. The third-order valence-corrected chi connectivity index (χ3v) is 7.30. The van der Waals surface area contributed by atoms with E-state index in [1.54, 1.807) is 18.3 Å². The van der Waals surface area contributed by atoms with Crippen LogP contribution in [0.3, 0.4) is 0 Å². The van der Waals surface area contributed by atoms with Crippen molar-refractivity contribution in [2.75, 3.05) is 26.7 Å². The average Bonchev–Trinajstić information content (AvgIpc) is 3.61. The van der Waals surface area contributed by atoms with Crippen molar-refractivity contribution in [2.45, 2.75) is 31.5 Å². The number of methoxy groups -OCH3 is 1. The SMILES string of the molecule is COc1cccc2[nH]cc(C(=O)N[C@H](C(=O)N[C@@H](CN3CCNC3=O)C(=O)C(=O)NCc3ccccc3)C3CC3)c12. The van der Waals surface area contributed by atoms with Gasteiger partial charge in [0.05, 0.1) is 24.6 Å². The first-order valence-electron chi connectivity index (χ1n) is 13.5. The first-order chi connectivity index (χ1) is 19.9. The lowest BCUT2D eigenvalue weighted by Gasteiger charge is -2.25. The first kappa shape index (κ1) is 27.7. The molecule has 0 spiro atoms. The van der Waals surface area contributed by atoms with Gasteiger partial charge in [0.15, 0.2) is 0 Å². The van der Waals surface area contributed by atoms with Crippen LogP contribution in [0.5, 0.6) is 5.75 Å². The van der Waals surface area contributed by atoms with E-state index in [9.17, 15) is 24.0 Å².